The van der Waals surface area contributed by atoms with Crippen LogP contribution in [0.15, 0.2) is 18.2 Å². The van der Waals surface area contributed by atoms with Crippen LogP contribution < -0.4 is 4.74 Å². The molecule has 0 spiro atoms. The highest BCUT2D eigenvalue weighted by Gasteiger charge is 2.38. The van der Waals surface area contributed by atoms with E-state index in [-0.39, 0.29) is 5.48 Å². The molecule has 11 heteroatoms. The maximum absolute atomic E-state index is 11.6. The summed E-state index contributed by atoms with van der Waals surface area (Å²) in [5.41, 5.74) is 2.89. The van der Waals surface area contributed by atoms with Crippen molar-refractivity contribution in [1.29, 1.82) is 0 Å². The molecule has 0 radical (unpaired) electrons. The second kappa shape index (κ2) is 8.93. The SMILES string of the molecule is CCN1CCc2c([nH]c3ccc(OC)cc23)C1C(=O)O.O.O=C(O)C(F)(F)F. The Morgan fingerprint density at radius 2 is 1.93 bits per heavy atom. The van der Waals surface area contributed by atoms with Crippen molar-refractivity contribution >= 4 is 22.8 Å². The lowest BCUT2D eigenvalue weighted by Crippen LogP contribution is -2.39. The number of methoxy groups -OCH3 is 1. The normalized spacial score (nSPS) is 16.4. The molecule has 8 nitrogen and oxygen atoms in total. The van der Waals surface area contributed by atoms with E-state index in [1.54, 1.807) is 7.11 Å². The van der Waals surface area contributed by atoms with E-state index in [1.165, 1.54) is 0 Å². The van der Waals surface area contributed by atoms with Gasteiger partial charge < -0.3 is 25.4 Å². The number of aromatic nitrogens is 1. The number of H-pyrrole nitrogens is 1. The number of hydrogen-bond acceptors (Lipinski definition) is 4. The van der Waals surface area contributed by atoms with E-state index in [9.17, 15) is 23.1 Å². The fourth-order valence-corrected chi connectivity index (χ4v) is 3.06. The van der Waals surface area contributed by atoms with Gasteiger partial charge >= 0.3 is 18.1 Å². The quantitative estimate of drug-likeness (QED) is 0.714. The minimum atomic E-state index is -5.08. The van der Waals surface area contributed by atoms with Gasteiger partial charge in [-0.1, -0.05) is 6.92 Å². The van der Waals surface area contributed by atoms with Gasteiger partial charge in [0.2, 0.25) is 0 Å². The summed E-state index contributed by atoms with van der Waals surface area (Å²) in [7, 11) is 1.64. The Hall–Kier alpha value is -2.79. The summed E-state index contributed by atoms with van der Waals surface area (Å²) in [6.45, 7) is 3.49. The number of carboxylic acid groups (broad SMARTS) is 2. The van der Waals surface area contributed by atoms with Crippen molar-refractivity contribution in [2.24, 2.45) is 0 Å². The highest BCUT2D eigenvalue weighted by atomic mass is 19.4. The van der Waals surface area contributed by atoms with Crippen LogP contribution in [0.4, 0.5) is 13.2 Å². The minimum Gasteiger partial charge on any atom is -0.497 e. The van der Waals surface area contributed by atoms with Crippen LogP contribution in [0.1, 0.15) is 24.2 Å². The number of carboxylic acids is 2. The van der Waals surface area contributed by atoms with Crippen LogP contribution in [0.25, 0.3) is 10.9 Å². The van der Waals surface area contributed by atoms with Crippen molar-refractivity contribution in [2.45, 2.75) is 25.6 Å². The number of nitrogens with one attached hydrogen (secondary N) is 1. The number of halogens is 3. The van der Waals surface area contributed by atoms with Gasteiger partial charge in [-0.15, -0.1) is 0 Å². The lowest BCUT2D eigenvalue weighted by atomic mass is 9.97. The van der Waals surface area contributed by atoms with Crippen molar-refractivity contribution in [3.05, 3.63) is 29.5 Å². The highest BCUT2D eigenvalue weighted by Crippen LogP contribution is 2.35. The number of rotatable bonds is 3. The van der Waals surface area contributed by atoms with Crippen molar-refractivity contribution < 1.29 is 43.2 Å². The molecule has 0 saturated carbocycles. The minimum absolute atomic E-state index is 0. The van der Waals surface area contributed by atoms with Crippen molar-refractivity contribution in [2.75, 3.05) is 20.2 Å². The number of carbonyl (C=O) groups is 2. The van der Waals surface area contributed by atoms with Gasteiger partial charge in [-0.05, 0) is 36.7 Å². The van der Waals surface area contributed by atoms with Crippen LogP contribution in [0, 0.1) is 0 Å². The molecule has 1 aromatic heterocycles. The zero-order chi connectivity index (χ0) is 20.4. The monoisotopic (exact) mass is 406 g/mol. The van der Waals surface area contributed by atoms with Gasteiger partial charge in [0.15, 0.2) is 0 Å². The third kappa shape index (κ3) is 4.73. The van der Waals surface area contributed by atoms with E-state index in [0.717, 1.165) is 47.4 Å². The molecule has 28 heavy (non-hydrogen) atoms. The Morgan fingerprint density at radius 3 is 2.39 bits per heavy atom. The number of benzene rings is 1. The summed E-state index contributed by atoms with van der Waals surface area (Å²) in [5, 5.41) is 17.7. The zero-order valence-corrected chi connectivity index (χ0v) is 15.1. The Bertz CT molecular complexity index is 849. The molecule has 0 amide bonds. The number of alkyl halides is 3. The van der Waals surface area contributed by atoms with Gasteiger partial charge in [0.1, 0.15) is 11.8 Å². The molecule has 1 aliphatic heterocycles. The molecule has 0 aliphatic carbocycles. The fraction of sp³-hybridized carbons (Fsp3) is 0.412. The average molecular weight is 406 g/mol. The second-order valence-electron chi connectivity index (χ2n) is 5.85. The standard InChI is InChI=1S/C15H18N2O3.C2HF3O2.H2O/c1-3-17-7-6-10-11-8-9(20-2)4-5-12(11)16-13(10)14(17)15(18)19;3-2(4,5)1(6)7;/h4-5,8,14,16H,3,6-7H2,1-2H3,(H,18,19);(H,6,7);1H2. The summed E-state index contributed by atoms with van der Waals surface area (Å²) in [6.07, 6.45) is -4.22. The molecule has 0 bridgehead atoms. The lowest BCUT2D eigenvalue weighted by Gasteiger charge is -2.31. The zero-order valence-electron chi connectivity index (χ0n) is 15.1. The molecule has 3 rings (SSSR count). The number of likely N-dealkylation sites (N-methyl/N-ethyl adjacent to an activating group) is 1. The fourth-order valence-electron chi connectivity index (χ4n) is 3.06. The van der Waals surface area contributed by atoms with Crippen molar-refractivity contribution in [3.8, 4) is 5.75 Å². The van der Waals surface area contributed by atoms with Crippen molar-refractivity contribution in [1.82, 2.24) is 9.88 Å². The number of aliphatic carboxylic acids is 2. The summed E-state index contributed by atoms with van der Waals surface area (Å²) in [4.78, 5) is 25.8. The molecule has 1 unspecified atom stereocenters. The number of hydrogen-bond donors (Lipinski definition) is 3. The largest absolute Gasteiger partial charge is 0.497 e. The van der Waals surface area contributed by atoms with Gasteiger partial charge in [0, 0.05) is 23.1 Å². The molecule has 2 heterocycles. The van der Waals surface area contributed by atoms with Crippen LogP contribution >= 0.6 is 0 Å². The van der Waals surface area contributed by atoms with E-state index < -0.39 is 24.2 Å². The molecular formula is C17H21F3N2O6. The number of fused-ring (bicyclic) bond motifs is 3. The van der Waals surface area contributed by atoms with E-state index in [1.807, 2.05) is 30.0 Å². The average Bonchev–Trinajstić information content (AvgIpc) is 2.97. The first-order valence-electron chi connectivity index (χ1n) is 8.05. The summed E-state index contributed by atoms with van der Waals surface area (Å²) < 4.78 is 37.0. The molecule has 0 fully saturated rings. The van der Waals surface area contributed by atoms with Crippen molar-refractivity contribution in [3.63, 3.8) is 0 Å². The van der Waals surface area contributed by atoms with Crippen LogP contribution in [0.5, 0.6) is 5.75 Å². The third-order valence-corrected chi connectivity index (χ3v) is 4.32. The van der Waals surface area contributed by atoms with E-state index in [4.69, 9.17) is 14.6 Å². The first-order valence-corrected chi connectivity index (χ1v) is 8.05. The predicted octanol–water partition coefficient (Wildman–Crippen LogP) is 1.99. The molecule has 156 valence electrons. The molecule has 1 aromatic carbocycles. The maximum atomic E-state index is 11.6. The van der Waals surface area contributed by atoms with Gasteiger partial charge in [0.25, 0.3) is 0 Å². The van der Waals surface area contributed by atoms with Gasteiger partial charge in [-0.25, -0.2) is 4.79 Å². The van der Waals surface area contributed by atoms with Gasteiger partial charge in [-0.2, -0.15) is 13.2 Å². The first kappa shape index (κ1) is 23.2. The Labute approximate surface area is 157 Å². The first-order chi connectivity index (χ1) is 12.6. The lowest BCUT2D eigenvalue weighted by molar-refractivity contribution is -0.192. The summed E-state index contributed by atoms with van der Waals surface area (Å²) in [6, 6.07) is 5.23. The van der Waals surface area contributed by atoms with Gasteiger partial charge in [0.05, 0.1) is 7.11 Å². The number of nitrogens with zero attached hydrogens (tertiary/aromatic N) is 1. The van der Waals surface area contributed by atoms with Crippen LogP contribution in [0.2, 0.25) is 0 Å². The topological polar surface area (TPSA) is 134 Å². The smallest absolute Gasteiger partial charge is 0.490 e. The van der Waals surface area contributed by atoms with Gasteiger partial charge in [-0.3, -0.25) is 9.69 Å². The molecule has 2 aromatic rings. The van der Waals surface area contributed by atoms with E-state index in [2.05, 4.69) is 4.98 Å². The molecule has 5 N–H and O–H groups in total. The molecule has 0 saturated heterocycles. The summed E-state index contributed by atoms with van der Waals surface area (Å²) >= 11 is 0. The number of ether oxygens (including phenoxy) is 1. The van der Waals surface area contributed by atoms with E-state index >= 15 is 0 Å². The number of aromatic amines is 1. The second-order valence-corrected chi connectivity index (χ2v) is 5.85. The summed E-state index contributed by atoms with van der Waals surface area (Å²) in [5.74, 6) is -2.76. The Kier molecular flexibility index (Phi) is 7.42. The molecule has 1 aliphatic rings. The van der Waals surface area contributed by atoms with E-state index in [0.29, 0.717) is 0 Å². The Balaban J connectivity index is 0.000000425. The maximum Gasteiger partial charge on any atom is 0.490 e. The van der Waals surface area contributed by atoms with Crippen LogP contribution in [0.3, 0.4) is 0 Å². The third-order valence-electron chi connectivity index (χ3n) is 4.32. The molecular weight excluding hydrogens is 385 g/mol. The highest BCUT2D eigenvalue weighted by molar-refractivity contribution is 5.89. The van der Waals surface area contributed by atoms with Crippen LogP contribution in [-0.2, 0) is 16.0 Å². The predicted molar refractivity (Wildman–Crippen MR) is 93.5 cm³/mol. The van der Waals surface area contributed by atoms with Crippen LogP contribution in [-0.4, -0.2) is 63.9 Å². The molecule has 1 atom stereocenters. The Morgan fingerprint density at radius 1 is 1.32 bits per heavy atom.